The molecule has 1 heterocycles. The van der Waals surface area contributed by atoms with Crippen LogP contribution in [-0.2, 0) is 9.47 Å². The minimum atomic E-state index is 0.389. The van der Waals surface area contributed by atoms with E-state index < -0.39 is 0 Å². The molecule has 1 unspecified atom stereocenters. The zero-order valence-electron chi connectivity index (χ0n) is 12.0. The quantitative estimate of drug-likeness (QED) is 0.576. The Morgan fingerprint density at radius 1 is 1.17 bits per heavy atom. The van der Waals surface area contributed by atoms with Crippen LogP contribution in [0.2, 0.25) is 0 Å². The van der Waals surface area contributed by atoms with Crippen LogP contribution >= 0.6 is 0 Å². The SMILES string of the molecule is C1=COCO1.CC1CCC2=C(CCCC2(C)C)C1. The Balaban J connectivity index is 0.000000202. The van der Waals surface area contributed by atoms with Gasteiger partial charge in [-0.15, -0.1) is 0 Å². The lowest BCUT2D eigenvalue weighted by Crippen LogP contribution is -2.24. The number of allylic oxidation sites excluding steroid dienone is 2. The van der Waals surface area contributed by atoms with Crippen molar-refractivity contribution in [1.82, 2.24) is 0 Å². The first-order valence-electron chi connectivity index (χ1n) is 7.19. The molecule has 3 aliphatic rings. The van der Waals surface area contributed by atoms with Crippen molar-refractivity contribution < 1.29 is 9.47 Å². The van der Waals surface area contributed by atoms with Gasteiger partial charge in [0.2, 0.25) is 6.79 Å². The molecule has 2 heteroatoms. The van der Waals surface area contributed by atoms with Crippen LogP contribution in [0, 0.1) is 11.3 Å². The van der Waals surface area contributed by atoms with Gasteiger partial charge in [0.1, 0.15) is 12.5 Å². The summed E-state index contributed by atoms with van der Waals surface area (Å²) in [5.41, 5.74) is 4.19. The third-order valence-corrected chi connectivity index (χ3v) is 4.39. The third kappa shape index (κ3) is 3.30. The molecule has 0 fully saturated rings. The molecule has 2 aliphatic carbocycles. The number of hydrogen-bond donors (Lipinski definition) is 0. The van der Waals surface area contributed by atoms with Crippen molar-refractivity contribution >= 4 is 0 Å². The maximum absolute atomic E-state index is 4.54. The highest BCUT2D eigenvalue weighted by molar-refractivity contribution is 5.26. The van der Waals surface area contributed by atoms with Crippen molar-refractivity contribution in [3.05, 3.63) is 23.7 Å². The highest BCUT2D eigenvalue weighted by Gasteiger charge is 2.32. The van der Waals surface area contributed by atoms with Crippen molar-refractivity contribution in [2.45, 2.75) is 59.3 Å². The number of ether oxygens (including phenoxy) is 2. The summed E-state index contributed by atoms with van der Waals surface area (Å²) in [6.45, 7) is 7.68. The summed E-state index contributed by atoms with van der Waals surface area (Å²) in [6.07, 6.45) is 11.5. The third-order valence-electron chi connectivity index (χ3n) is 4.39. The fourth-order valence-corrected chi connectivity index (χ4v) is 3.37. The molecule has 18 heavy (non-hydrogen) atoms. The van der Waals surface area contributed by atoms with Crippen LogP contribution in [0.5, 0.6) is 0 Å². The first kappa shape index (κ1) is 13.5. The second-order valence-electron chi connectivity index (χ2n) is 6.39. The van der Waals surface area contributed by atoms with E-state index in [0.717, 1.165) is 5.92 Å². The summed E-state index contributed by atoms with van der Waals surface area (Å²) in [7, 11) is 0. The lowest BCUT2D eigenvalue weighted by molar-refractivity contribution is 0.0920. The average Bonchev–Trinajstić information content (AvgIpc) is 2.86. The van der Waals surface area contributed by atoms with Gasteiger partial charge in [-0.3, -0.25) is 0 Å². The van der Waals surface area contributed by atoms with Crippen LogP contribution in [-0.4, -0.2) is 6.79 Å². The summed E-state index contributed by atoms with van der Waals surface area (Å²) in [6, 6.07) is 0. The molecule has 2 nitrogen and oxygen atoms in total. The van der Waals surface area contributed by atoms with Crippen LogP contribution in [0.25, 0.3) is 0 Å². The van der Waals surface area contributed by atoms with Gasteiger partial charge in [-0.05, 0) is 49.9 Å². The molecule has 0 radical (unpaired) electrons. The Bertz CT molecular complexity index is 333. The summed E-state index contributed by atoms with van der Waals surface area (Å²) < 4.78 is 9.08. The van der Waals surface area contributed by atoms with Gasteiger partial charge in [0.25, 0.3) is 0 Å². The second-order valence-corrected chi connectivity index (χ2v) is 6.39. The van der Waals surface area contributed by atoms with E-state index in [2.05, 4.69) is 30.2 Å². The lowest BCUT2D eigenvalue weighted by atomic mass is 9.66. The van der Waals surface area contributed by atoms with Gasteiger partial charge in [0.15, 0.2) is 0 Å². The summed E-state index contributed by atoms with van der Waals surface area (Å²) in [5.74, 6) is 0.952. The van der Waals surface area contributed by atoms with Crippen LogP contribution in [0.15, 0.2) is 23.7 Å². The minimum absolute atomic E-state index is 0.389. The van der Waals surface area contributed by atoms with Crippen molar-refractivity contribution in [3.63, 3.8) is 0 Å². The average molecular weight is 250 g/mol. The van der Waals surface area contributed by atoms with E-state index in [0.29, 0.717) is 12.2 Å². The monoisotopic (exact) mass is 250 g/mol. The number of rotatable bonds is 0. The molecule has 0 aromatic heterocycles. The molecule has 0 spiro atoms. The van der Waals surface area contributed by atoms with E-state index in [-0.39, 0.29) is 0 Å². The fourth-order valence-electron chi connectivity index (χ4n) is 3.37. The normalized spacial score (nSPS) is 28.7. The fraction of sp³-hybridized carbons (Fsp3) is 0.750. The Labute approximate surface area is 111 Å². The van der Waals surface area contributed by atoms with Gasteiger partial charge in [0.05, 0.1) is 0 Å². The second kappa shape index (κ2) is 5.81. The predicted octanol–water partition coefficient (Wildman–Crippen LogP) is 4.78. The Hall–Kier alpha value is -0.920. The molecule has 0 amide bonds. The smallest absolute Gasteiger partial charge is 0.229 e. The van der Waals surface area contributed by atoms with E-state index in [4.69, 9.17) is 0 Å². The van der Waals surface area contributed by atoms with E-state index in [1.165, 1.54) is 51.0 Å². The molecule has 102 valence electrons. The molecule has 0 bridgehead atoms. The Morgan fingerprint density at radius 2 is 1.89 bits per heavy atom. The van der Waals surface area contributed by atoms with Crippen LogP contribution in [0.4, 0.5) is 0 Å². The van der Waals surface area contributed by atoms with Crippen LogP contribution in [0.1, 0.15) is 59.3 Å². The molecule has 1 aliphatic heterocycles. The first-order valence-corrected chi connectivity index (χ1v) is 7.19. The topological polar surface area (TPSA) is 18.5 Å². The molecule has 0 aromatic carbocycles. The van der Waals surface area contributed by atoms with Crippen molar-refractivity contribution in [2.24, 2.45) is 11.3 Å². The predicted molar refractivity (Wildman–Crippen MR) is 73.9 cm³/mol. The molecule has 0 saturated heterocycles. The molecule has 0 saturated carbocycles. The zero-order chi connectivity index (χ0) is 13.0. The molecule has 3 rings (SSSR count). The van der Waals surface area contributed by atoms with Crippen molar-refractivity contribution in [1.29, 1.82) is 0 Å². The Morgan fingerprint density at radius 3 is 2.50 bits per heavy atom. The summed E-state index contributed by atoms with van der Waals surface area (Å²) in [4.78, 5) is 0. The van der Waals surface area contributed by atoms with Crippen LogP contribution < -0.4 is 0 Å². The summed E-state index contributed by atoms with van der Waals surface area (Å²) >= 11 is 0. The highest BCUT2D eigenvalue weighted by atomic mass is 16.7. The molecular weight excluding hydrogens is 224 g/mol. The molecular formula is C16H26O2. The zero-order valence-corrected chi connectivity index (χ0v) is 12.0. The maximum Gasteiger partial charge on any atom is 0.229 e. The van der Waals surface area contributed by atoms with E-state index >= 15 is 0 Å². The van der Waals surface area contributed by atoms with E-state index in [1.807, 2.05) is 11.1 Å². The first-order chi connectivity index (χ1) is 8.59. The van der Waals surface area contributed by atoms with Gasteiger partial charge in [-0.25, -0.2) is 0 Å². The van der Waals surface area contributed by atoms with Crippen molar-refractivity contribution in [3.8, 4) is 0 Å². The number of hydrogen-bond acceptors (Lipinski definition) is 2. The van der Waals surface area contributed by atoms with Gasteiger partial charge in [0, 0.05) is 0 Å². The van der Waals surface area contributed by atoms with Crippen molar-refractivity contribution in [2.75, 3.05) is 6.79 Å². The van der Waals surface area contributed by atoms with Gasteiger partial charge in [-0.1, -0.05) is 31.9 Å². The standard InChI is InChI=1S/C13H22.C3H4O2/c1-10-6-7-12-11(9-10)5-4-8-13(12,2)3;1-2-5-3-4-1/h10H,4-9H2,1-3H3;1-2H,3H2. The van der Waals surface area contributed by atoms with Gasteiger partial charge < -0.3 is 9.47 Å². The highest BCUT2D eigenvalue weighted by Crippen LogP contribution is 2.47. The van der Waals surface area contributed by atoms with E-state index in [9.17, 15) is 0 Å². The lowest BCUT2D eigenvalue weighted by Gasteiger charge is -2.39. The minimum Gasteiger partial charge on any atom is -0.462 e. The molecule has 1 atom stereocenters. The van der Waals surface area contributed by atoms with Crippen LogP contribution in [0.3, 0.4) is 0 Å². The van der Waals surface area contributed by atoms with Gasteiger partial charge >= 0.3 is 0 Å². The van der Waals surface area contributed by atoms with E-state index in [1.54, 1.807) is 0 Å². The molecule has 0 aromatic rings. The summed E-state index contributed by atoms with van der Waals surface area (Å²) in [5, 5.41) is 0. The maximum atomic E-state index is 4.54. The molecule has 0 N–H and O–H groups in total. The van der Waals surface area contributed by atoms with Gasteiger partial charge in [-0.2, -0.15) is 0 Å². The largest absolute Gasteiger partial charge is 0.462 e. The Kier molecular flexibility index (Phi) is 4.36.